The molecule has 7 heteroatoms. The summed E-state index contributed by atoms with van der Waals surface area (Å²) in [7, 11) is 0. The number of halogens is 1. The molecule has 27 heavy (non-hydrogen) atoms. The Bertz CT molecular complexity index is 932. The van der Waals surface area contributed by atoms with Crippen molar-refractivity contribution in [1.29, 1.82) is 0 Å². The number of benzene rings is 2. The minimum atomic E-state index is -0.322. The fourth-order valence-electron chi connectivity index (χ4n) is 3.72. The van der Waals surface area contributed by atoms with E-state index in [1.807, 2.05) is 29.4 Å². The molecule has 1 saturated heterocycles. The number of hydrazine groups is 1. The Kier molecular flexibility index (Phi) is 3.75. The summed E-state index contributed by atoms with van der Waals surface area (Å²) in [6.45, 7) is 0.457. The minimum absolute atomic E-state index is 0.00786. The van der Waals surface area contributed by atoms with Gasteiger partial charge in [-0.3, -0.25) is 4.79 Å². The molecule has 1 fully saturated rings. The van der Waals surface area contributed by atoms with Crippen LogP contribution in [0.4, 0.5) is 4.39 Å². The van der Waals surface area contributed by atoms with Gasteiger partial charge in [-0.05, 0) is 30.2 Å². The summed E-state index contributed by atoms with van der Waals surface area (Å²) in [6, 6.07) is 12.0. The molecule has 1 amide bonds. The van der Waals surface area contributed by atoms with Crippen LogP contribution in [0.15, 0.2) is 54.9 Å². The molecule has 0 radical (unpaired) electrons. The van der Waals surface area contributed by atoms with E-state index >= 15 is 0 Å². The second-order valence-electron chi connectivity index (χ2n) is 6.81. The topological polar surface area (TPSA) is 54.0 Å². The SMILES string of the molecule is O=C1C2CC(c3ccc4c(c3)OCO4)NN2C=CN1Cc1ccccc1F. The van der Waals surface area contributed by atoms with Crippen molar-refractivity contribution < 1.29 is 18.7 Å². The monoisotopic (exact) mass is 367 g/mol. The van der Waals surface area contributed by atoms with E-state index < -0.39 is 0 Å². The van der Waals surface area contributed by atoms with Crippen LogP contribution in [0, 0.1) is 5.82 Å². The summed E-state index contributed by atoms with van der Waals surface area (Å²) in [4.78, 5) is 14.5. The van der Waals surface area contributed by atoms with Gasteiger partial charge in [-0.1, -0.05) is 24.3 Å². The van der Waals surface area contributed by atoms with E-state index in [0.717, 1.165) is 17.1 Å². The molecule has 0 aliphatic carbocycles. The zero-order valence-corrected chi connectivity index (χ0v) is 14.5. The van der Waals surface area contributed by atoms with Crippen LogP contribution in [-0.4, -0.2) is 28.7 Å². The Morgan fingerprint density at radius 1 is 1.11 bits per heavy atom. The Hall–Kier alpha value is -3.06. The Labute approximate surface area is 155 Å². The van der Waals surface area contributed by atoms with Gasteiger partial charge in [0.2, 0.25) is 6.79 Å². The third-order valence-electron chi connectivity index (χ3n) is 5.17. The predicted molar refractivity (Wildman–Crippen MR) is 94.8 cm³/mol. The highest BCUT2D eigenvalue weighted by molar-refractivity contribution is 5.84. The Balaban J connectivity index is 1.33. The lowest BCUT2D eigenvalue weighted by Gasteiger charge is -2.31. The van der Waals surface area contributed by atoms with E-state index in [9.17, 15) is 9.18 Å². The van der Waals surface area contributed by atoms with E-state index in [-0.39, 0.29) is 37.1 Å². The van der Waals surface area contributed by atoms with Crippen molar-refractivity contribution in [3.05, 3.63) is 71.8 Å². The van der Waals surface area contributed by atoms with Crippen LogP contribution in [0.3, 0.4) is 0 Å². The predicted octanol–water partition coefficient (Wildman–Crippen LogP) is 2.69. The van der Waals surface area contributed by atoms with Gasteiger partial charge in [-0.2, -0.15) is 0 Å². The van der Waals surface area contributed by atoms with Crippen LogP contribution < -0.4 is 14.9 Å². The smallest absolute Gasteiger partial charge is 0.251 e. The van der Waals surface area contributed by atoms with Crippen LogP contribution in [-0.2, 0) is 11.3 Å². The molecular weight excluding hydrogens is 349 g/mol. The van der Waals surface area contributed by atoms with Crippen molar-refractivity contribution in [2.45, 2.75) is 25.0 Å². The number of fused-ring (bicyclic) bond motifs is 2. The molecule has 2 atom stereocenters. The molecule has 0 spiro atoms. The van der Waals surface area contributed by atoms with Crippen molar-refractivity contribution in [2.24, 2.45) is 0 Å². The maximum absolute atomic E-state index is 13.9. The van der Waals surface area contributed by atoms with Crippen molar-refractivity contribution in [2.75, 3.05) is 6.79 Å². The van der Waals surface area contributed by atoms with Crippen molar-refractivity contribution in [3.63, 3.8) is 0 Å². The molecule has 5 rings (SSSR count). The molecule has 1 N–H and O–H groups in total. The van der Waals surface area contributed by atoms with Crippen LogP contribution >= 0.6 is 0 Å². The lowest BCUT2D eigenvalue weighted by Crippen LogP contribution is -2.47. The van der Waals surface area contributed by atoms with E-state index in [4.69, 9.17) is 9.47 Å². The van der Waals surface area contributed by atoms with E-state index in [1.165, 1.54) is 6.07 Å². The molecular formula is C20H18FN3O3. The summed E-state index contributed by atoms with van der Waals surface area (Å²) in [6.07, 6.45) is 4.15. The molecule has 3 heterocycles. The lowest BCUT2D eigenvalue weighted by molar-refractivity contribution is -0.135. The zero-order chi connectivity index (χ0) is 18.4. The highest BCUT2D eigenvalue weighted by Crippen LogP contribution is 2.37. The molecule has 2 aromatic carbocycles. The largest absolute Gasteiger partial charge is 0.454 e. The number of amides is 1. The van der Waals surface area contributed by atoms with Crippen molar-refractivity contribution >= 4 is 5.91 Å². The average molecular weight is 367 g/mol. The number of hydrogen-bond donors (Lipinski definition) is 1. The van der Waals surface area contributed by atoms with Gasteiger partial charge in [0.05, 0.1) is 12.6 Å². The molecule has 6 nitrogen and oxygen atoms in total. The first-order chi connectivity index (χ1) is 13.2. The summed E-state index contributed by atoms with van der Waals surface area (Å²) in [5.74, 6) is 1.11. The molecule has 2 aromatic rings. The molecule has 138 valence electrons. The second kappa shape index (κ2) is 6.28. The molecule has 0 bridgehead atoms. The van der Waals surface area contributed by atoms with Gasteiger partial charge in [-0.15, -0.1) is 0 Å². The van der Waals surface area contributed by atoms with Crippen LogP contribution in [0.25, 0.3) is 0 Å². The summed E-state index contributed by atoms with van der Waals surface area (Å²) in [5, 5.41) is 1.83. The first-order valence-electron chi connectivity index (χ1n) is 8.85. The number of ether oxygens (including phenoxy) is 2. The maximum Gasteiger partial charge on any atom is 0.251 e. The third-order valence-corrected chi connectivity index (χ3v) is 5.17. The van der Waals surface area contributed by atoms with Crippen LogP contribution in [0.2, 0.25) is 0 Å². The standard InChI is InChI=1S/C20H18FN3O3/c21-15-4-2-1-3-14(15)11-23-7-8-24-17(20(23)25)10-16(22-24)13-5-6-18-19(9-13)27-12-26-18/h1-9,16-17,22H,10-12H2. The van der Waals surface area contributed by atoms with Gasteiger partial charge in [0, 0.05) is 18.0 Å². The van der Waals surface area contributed by atoms with Crippen LogP contribution in [0.1, 0.15) is 23.6 Å². The molecule has 3 aliphatic heterocycles. The average Bonchev–Trinajstić information content (AvgIpc) is 3.32. The molecule has 0 aromatic heterocycles. The first kappa shape index (κ1) is 16.1. The van der Waals surface area contributed by atoms with Gasteiger partial charge in [0.15, 0.2) is 11.5 Å². The normalized spacial score (nSPS) is 23.1. The van der Waals surface area contributed by atoms with Crippen molar-refractivity contribution in [1.82, 2.24) is 15.3 Å². The van der Waals surface area contributed by atoms with Gasteiger partial charge in [0.25, 0.3) is 5.91 Å². The maximum atomic E-state index is 13.9. The quantitative estimate of drug-likeness (QED) is 0.904. The van der Waals surface area contributed by atoms with Gasteiger partial charge in [-0.25, -0.2) is 9.82 Å². The number of nitrogens with one attached hydrogen (secondary N) is 1. The highest BCUT2D eigenvalue weighted by Gasteiger charge is 2.40. The van der Waals surface area contributed by atoms with Gasteiger partial charge in [0.1, 0.15) is 11.9 Å². The molecule has 3 aliphatic rings. The van der Waals surface area contributed by atoms with Crippen LogP contribution in [0.5, 0.6) is 11.5 Å². The number of nitrogens with zero attached hydrogens (tertiary/aromatic N) is 2. The minimum Gasteiger partial charge on any atom is -0.454 e. The number of carbonyl (C=O) groups excluding carboxylic acids is 1. The first-order valence-corrected chi connectivity index (χ1v) is 8.85. The third kappa shape index (κ3) is 2.80. The Morgan fingerprint density at radius 3 is 2.85 bits per heavy atom. The lowest BCUT2D eigenvalue weighted by atomic mass is 10.0. The van der Waals surface area contributed by atoms with E-state index in [1.54, 1.807) is 29.3 Å². The fraction of sp³-hybridized carbons (Fsp3) is 0.250. The summed E-state index contributed by atoms with van der Waals surface area (Å²) < 4.78 is 24.7. The number of carbonyl (C=O) groups is 1. The second-order valence-corrected chi connectivity index (χ2v) is 6.81. The Morgan fingerprint density at radius 2 is 1.96 bits per heavy atom. The summed E-state index contributed by atoms with van der Waals surface area (Å²) >= 11 is 0. The van der Waals surface area contributed by atoms with Gasteiger partial charge < -0.3 is 19.4 Å². The summed E-state index contributed by atoms with van der Waals surface area (Å²) in [5.41, 5.74) is 4.89. The number of rotatable bonds is 3. The number of hydrogen-bond acceptors (Lipinski definition) is 5. The zero-order valence-electron chi connectivity index (χ0n) is 14.5. The van der Waals surface area contributed by atoms with Gasteiger partial charge >= 0.3 is 0 Å². The van der Waals surface area contributed by atoms with E-state index in [0.29, 0.717) is 12.0 Å². The fourth-order valence-corrected chi connectivity index (χ4v) is 3.72. The molecule has 0 saturated carbocycles. The van der Waals surface area contributed by atoms with E-state index in [2.05, 4.69) is 5.43 Å². The van der Waals surface area contributed by atoms with Crippen molar-refractivity contribution in [3.8, 4) is 11.5 Å². The highest BCUT2D eigenvalue weighted by atomic mass is 19.1. The molecule has 2 unspecified atom stereocenters.